The Morgan fingerprint density at radius 3 is 2.19 bits per heavy atom. The molecule has 0 aliphatic rings. The number of carbonyl (C=O) groups excluding carboxylic acids is 2. The van der Waals surface area contributed by atoms with Crippen molar-refractivity contribution in [3.8, 4) is 0 Å². The second-order valence-corrected chi connectivity index (χ2v) is 4.95. The van der Waals surface area contributed by atoms with Gasteiger partial charge in [0.15, 0.2) is 0 Å². The Labute approximate surface area is 134 Å². The Bertz CT molecular complexity index is 580. The summed E-state index contributed by atoms with van der Waals surface area (Å²) in [7, 11) is 0. The van der Waals surface area contributed by atoms with Crippen LogP contribution in [0, 0.1) is 0 Å². The van der Waals surface area contributed by atoms with Gasteiger partial charge in [0.2, 0.25) is 5.91 Å². The van der Waals surface area contributed by atoms with Gasteiger partial charge in [-0.2, -0.15) is 0 Å². The minimum absolute atomic E-state index is 0.176. The molecule has 1 aromatic rings. The summed E-state index contributed by atoms with van der Waals surface area (Å²) in [6.07, 6.45) is 0. The van der Waals surface area contributed by atoms with E-state index in [1.54, 1.807) is 0 Å². The van der Waals surface area contributed by atoms with Crippen LogP contribution < -0.4 is 16.0 Å². The third kappa shape index (κ3) is 6.07. The maximum absolute atomic E-state index is 11.6. The van der Waals surface area contributed by atoms with Crippen LogP contribution >= 0.6 is 34.8 Å². The normalized spacial score (nSPS) is 9.86. The number of anilines is 1. The zero-order valence-electron chi connectivity index (χ0n) is 10.4. The maximum atomic E-state index is 11.6. The van der Waals surface area contributed by atoms with Crippen molar-refractivity contribution in [3.63, 3.8) is 0 Å². The molecule has 0 fully saturated rings. The lowest BCUT2D eigenvalue weighted by Crippen LogP contribution is -2.40. The van der Waals surface area contributed by atoms with Crippen molar-refractivity contribution in [2.75, 3.05) is 18.4 Å². The number of rotatable bonds is 5. The van der Waals surface area contributed by atoms with E-state index in [0.717, 1.165) is 0 Å². The molecule has 3 amide bonds. The molecular formula is C11H10Cl3N3O4. The van der Waals surface area contributed by atoms with Crippen LogP contribution in [0.25, 0.3) is 0 Å². The van der Waals surface area contributed by atoms with Crippen molar-refractivity contribution in [1.82, 2.24) is 10.6 Å². The molecule has 1 rings (SSSR count). The number of carboxylic acid groups (broad SMARTS) is 1. The Kier molecular flexibility index (Phi) is 6.54. The molecule has 7 nitrogen and oxygen atoms in total. The Morgan fingerprint density at radius 1 is 0.952 bits per heavy atom. The molecule has 0 aromatic heterocycles. The van der Waals surface area contributed by atoms with Crippen LogP contribution in [0.2, 0.25) is 15.1 Å². The van der Waals surface area contributed by atoms with E-state index in [2.05, 4.69) is 16.0 Å². The number of amides is 3. The summed E-state index contributed by atoms with van der Waals surface area (Å²) >= 11 is 17.4. The van der Waals surface area contributed by atoms with Gasteiger partial charge in [-0.3, -0.25) is 9.59 Å². The summed E-state index contributed by atoms with van der Waals surface area (Å²) in [5, 5.41) is 15.7. The number of carboxylic acids is 1. The van der Waals surface area contributed by atoms with E-state index in [-0.39, 0.29) is 20.8 Å². The summed E-state index contributed by atoms with van der Waals surface area (Å²) < 4.78 is 0. The molecule has 0 heterocycles. The smallest absolute Gasteiger partial charge is 0.322 e. The average molecular weight is 355 g/mol. The zero-order chi connectivity index (χ0) is 16.0. The summed E-state index contributed by atoms with van der Waals surface area (Å²) in [6.45, 7) is -0.918. The minimum atomic E-state index is -1.18. The van der Waals surface area contributed by atoms with Gasteiger partial charge in [0.05, 0.1) is 27.3 Å². The highest BCUT2D eigenvalue weighted by atomic mass is 35.5. The molecule has 0 aliphatic carbocycles. The predicted molar refractivity (Wildman–Crippen MR) is 79.1 cm³/mol. The van der Waals surface area contributed by atoms with Crippen molar-refractivity contribution in [2.45, 2.75) is 0 Å². The van der Waals surface area contributed by atoms with Crippen molar-refractivity contribution in [3.05, 3.63) is 27.2 Å². The van der Waals surface area contributed by atoms with Gasteiger partial charge in [0, 0.05) is 0 Å². The number of nitrogens with one attached hydrogen (secondary N) is 3. The van der Waals surface area contributed by atoms with Crippen LogP contribution in [0.1, 0.15) is 0 Å². The molecule has 0 unspecified atom stereocenters. The number of halogens is 3. The average Bonchev–Trinajstić information content (AvgIpc) is 2.40. The maximum Gasteiger partial charge on any atom is 0.322 e. The highest BCUT2D eigenvalue weighted by Crippen LogP contribution is 2.32. The minimum Gasteiger partial charge on any atom is -0.480 e. The number of aliphatic carboxylic acids is 1. The first-order chi connectivity index (χ1) is 9.79. The number of hydrogen-bond donors (Lipinski definition) is 4. The Hall–Kier alpha value is -1.70. The molecule has 4 N–H and O–H groups in total. The molecular weight excluding hydrogens is 344 g/mol. The first kappa shape index (κ1) is 17.4. The highest BCUT2D eigenvalue weighted by Gasteiger charge is 2.10. The van der Waals surface area contributed by atoms with Gasteiger partial charge < -0.3 is 21.1 Å². The molecule has 21 heavy (non-hydrogen) atoms. The molecule has 1 aromatic carbocycles. The lowest BCUT2D eigenvalue weighted by atomic mass is 10.3. The second-order valence-electron chi connectivity index (χ2n) is 3.72. The van der Waals surface area contributed by atoms with E-state index in [1.165, 1.54) is 12.1 Å². The fourth-order valence-corrected chi connectivity index (χ4v) is 1.78. The standard InChI is InChI=1S/C11H10Cl3N3O4/c12-5-1-7(14)8(2-6(5)13)17-11(21)16-3-9(18)15-4-10(19)20/h1-2H,3-4H2,(H,15,18)(H,19,20)(H2,16,17,21). The molecule has 0 saturated carbocycles. The summed E-state index contributed by atoms with van der Waals surface area (Å²) in [6, 6.07) is 2.01. The Morgan fingerprint density at radius 2 is 1.57 bits per heavy atom. The van der Waals surface area contributed by atoms with Gasteiger partial charge in [0.25, 0.3) is 0 Å². The zero-order valence-corrected chi connectivity index (χ0v) is 12.6. The van der Waals surface area contributed by atoms with E-state index in [0.29, 0.717) is 0 Å². The van der Waals surface area contributed by atoms with Gasteiger partial charge in [-0.15, -0.1) is 0 Å². The molecule has 0 bridgehead atoms. The van der Waals surface area contributed by atoms with Crippen LogP contribution in [0.5, 0.6) is 0 Å². The lowest BCUT2D eigenvalue weighted by molar-refractivity contribution is -0.137. The predicted octanol–water partition coefficient (Wildman–Crippen LogP) is 1.97. The second kappa shape index (κ2) is 7.92. The first-order valence-corrected chi connectivity index (χ1v) is 6.61. The van der Waals surface area contributed by atoms with Crippen LogP contribution in [0.15, 0.2) is 12.1 Å². The van der Waals surface area contributed by atoms with Crippen molar-refractivity contribution >= 4 is 58.4 Å². The SMILES string of the molecule is O=C(O)CNC(=O)CNC(=O)Nc1cc(Cl)c(Cl)cc1Cl. The molecule has 10 heteroatoms. The number of urea groups is 1. The van der Waals surface area contributed by atoms with Crippen LogP contribution in [-0.2, 0) is 9.59 Å². The quantitative estimate of drug-likeness (QED) is 0.606. The van der Waals surface area contributed by atoms with Crippen LogP contribution in [0.3, 0.4) is 0 Å². The van der Waals surface area contributed by atoms with E-state index in [1.807, 2.05) is 0 Å². The molecule has 0 spiro atoms. The molecule has 0 saturated heterocycles. The van der Waals surface area contributed by atoms with Crippen LogP contribution in [0.4, 0.5) is 10.5 Å². The highest BCUT2D eigenvalue weighted by molar-refractivity contribution is 6.44. The number of hydrogen-bond acceptors (Lipinski definition) is 3. The van der Waals surface area contributed by atoms with Crippen molar-refractivity contribution in [2.24, 2.45) is 0 Å². The summed E-state index contributed by atoms with van der Waals surface area (Å²) in [4.78, 5) is 33.0. The topological polar surface area (TPSA) is 108 Å². The van der Waals surface area contributed by atoms with Crippen LogP contribution in [-0.4, -0.2) is 36.1 Å². The van der Waals surface area contributed by atoms with Gasteiger partial charge in [-0.1, -0.05) is 34.8 Å². The molecule has 114 valence electrons. The lowest BCUT2D eigenvalue weighted by Gasteiger charge is -2.10. The van der Waals surface area contributed by atoms with Gasteiger partial charge in [-0.05, 0) is 12.1 Å². The van der Waals surface area contributed by atoms with E-state index >= 15 is 0 Å². The van der Waals surface area contributed by atoms with Gasteiger partial charge in [-0.25, -0.2) is 4.79 Å². The third-order valence-corrected chi connectivity index (χ3v) is 3.14. The number of benzene rings is 1. The fourth-order valence-electron chi connectivity index (χ4n) is 1.18. The monoisotopic (exact) mass is 353 g/mol. The fraction of sp³-hybridized carbons (Fsp3) is 0.182. The molecule has 0 aliphatic heterocycles. The largest absolute Gasteiger partial charge is 0.480 e. The van der Waals surface area contributed by atoms with Gasteiger partial charge in [0.1, 0.15) is 6.54 Å². The van der Waals surface area contributed by atoms with E-state index < -0.39 is 31.0 Å². The molecule has 0 atom stereocenters. The molecule has 0 radical (unpaired) electrons. The van der Waals surface area contributed by atoms with Gasteiger partial charge >= 0.3 is 12.0 Å². The summed E-state index contributed by atoms with van der Waals surface area (Å²) in [5.74, 6) is -1.83. The van der Waals surface area contributed by atoms with Crippen molar-refractivity contribution < 1.29 is 19.5 Å². The first-order valence-electron chi connectivity index (χ1n) is 5.47. The Balaban J connectivity index is 2.49. The number of carbonyl (C=O) groups is 3. The van der Waals surface area contributed by atoms with Crippen molar-refractivity contribution in [1.29, 1.82) is 0 Å². The van der Waals surface area contributed by atoms with E-state index in [4.69, 9.17) is 39.9 Å². The van der Waals surface area contributed by atoms with E-state index in [9.17, 15) is 14.4 Å². The summed E-state index contributed by atoms with van der Waals surface area (Å²) in [5.41, 5.74) is 0.217. The third-order valence-electron chi connectivity index (χ3n) is 2.10.